The van der Waals surface area contributed by atoms with E-state index < -0.39 is 0 Å². The lowest BCUT2D eigenvalue weighted by molar-refractivity contribution is -0.114. The predicted octanol–water partition coefficient (Wildman–Crippen LogP) is 2.66. The van der Waals surface area contributed by atoms with Crippen LogP contribution in [0.15, 0.2) is 36.5 Å². The van der Waals surface area contributed by atoms with Crippen molar-refractivity contribution in [3.8, 4) is 11.3 Å². The standard InChI is InChI=1S/C14H15N3O/c1-3-12-14(16-10(2)18)15-9-13(17-12)11-7-5-4-6-8-11/h4-9H,3H2,1-2H3,(H,15,16,18). The topological polar surface area (TPSA) is 54.9 Å². The summed E-state index contributed by atoms with van der Waals surface area (Å²) in [5.74, 6) is 0.413. The van der Waals surface area contributed by atoms with E-state index in [0.717, 1.165) is 23.4 Å². The molecule has 1 aromatic heterocycles. The minimum atomic E-state index is -0.133. The first-order chi connectivity index (χ1) is 8.70. The maximum Gasteiger partial charge on any atom is 0.222 e. The highest BCUT2D eigenvalue weighted by atomic mass is 16.1. The number of amides is 1. The van der Waals surface area contributed by atoms with Gasteiger partial charge in [0.05, 0.1) is 17.6 Å². The summed E-state index contributed by atoms with van der Waals surface area (Å²) in [5, 5.41) is 2.69. The molecule has 0 atom stereocenters. The van der Waals surface area contributed by atoms with E-state index in [1.165, 1.54) is 6.92 Å². The molecule has 0 aliphatic rings. The molecular weight excluding hydrogens is 226 g/mol. The quantitative estimate of drug-likeness (QED) is 0.898. The summed E-state index contributed by atoms with van der Waals surface area (Å²) in [4.78, 5) is 19.9. The van der Waals surface area contributed by atoms with Gasteiger partial charge in [-0.25, -0.2) is 9.97 Å². The Morgan fingerprint density at radius 1 is 1.28 bits per heavy atom. The summed E-state index contributed by atoms with van der Waals surface area (Å²) < 4.78 is 0. The molecule has 1 amide bonds. The first-order valence-corrected chi connectivity index (χ1v) is 5.89. The third-order valence-electron chi connectivity index (χ3n) is 2.54. The number of benzene rings is 1. The Morgan fingerprint density at radius 2 is 2.00 bits per heavy atom. The number of carbonyl (C=O) groups is 1. The van der Waals surface area contributed by atoms with Gasteiger partial charge in [0.25, 0.3) is 0 Å². The Morgan fingerprint density at radius 3 is 2.61 bits per heavy atom. The zero-order valence-electron chi connectivity index (χ0n) is 10.5. The van der Waals surface area contributed by atoms with E-state index in [4.69, 9.17) is 0 Å². The molecule has 1 N–H and O–H groups in total. The number of carbonyl (C=O) groups excluding carboxylic acids is 1. The van der Waals surface area contributed by atoms with Gasteiger partial charge in [0, 0.05) is 12.5 Å². The molecule has 0 spiro atoms. The Labute approximate surface area is 106 Å². The molecule has 0 unspecified atom stereocenters. The van der Waals surface area contributed by atoms with Crippen LogP contribution < -0.4 is 5.32 Å². The van der Waals surface area contributed by atoms with Crippen LogP contribution >= 0.6 is 0 Å². The molecule has 1 aromatic carbocycles. The second kappa shape index (κ2) is 5.40. The molecule has 0 fully saturated rings. The first kappa shape index (κ1) is 12.2. The Bertz CT molecular complexity index is 552. The summed E-state index contributed by atoms with van der Waals surface area (Å²) >= 11 is 0. The van der Waals surface area contributed by atoms with Crippen molar-refractivity contribution in [2.45, 2.75) is 20.3 Å². The van der Waals surface area contributed by atoms with Crippen molar-refractivity contribution in [1.82, 2.24) is 9.97 Å². The molecule has 2 rings (SSSR count). The molecule has 0 aliphatic carbocycles. The number of nitrogens with zero attached hydrogens (tertiary/aromatic N) is 2. The Kier molecular flexibility index (Phi) is 3.67. The highest BCUT2D eigenvalue weighted by Gasteiger charge is 2.08. The van der Waals surface area contributed by atoms with Crippen molar-refractivity contribution in [3.05, 3.63) is 42.2 Å². The van der Waals surface area contributed by atoms with Gasteiger partial charge < -0.3 is 5.32 Å². The van der Waals surface area contributed by atoms with E-state index >= 15 is 0 Å². The van der Waals surface area contributed by atoms with Gasteiger partial charge in [0.1, 0.15) is 0 Å². The SMILES string of the molecule is CCc1nc(-c2ccccc2)cnc1NC(C)=O. The summed E-state index contributed by atoms with van der Waals surface area (Å²) in [7, 11) is 0. The van der Waals surface area contributed by atoms with Crippen LogP contribution in [0, 0.1) is 0 Å². The lowest BCUT2D eigenvalue weighted by Crippen LogP contribution is -2.11. The number of rotatable bonds is 3. The van der Waals surface area contributed by atoms with E-state index in [-0.39, 0.29) is 5.91 Å². The Balaban J connectivity index is 2.39. The second-order valence-electron chi connectivity index (χ2n) is 3.95. The largest absolute Gasteiger partial charge is 0.309 e. The smallest absolute Gasteiger partial charge is 0.222 e. The van der Waals surface area contributed by atoms with E-state index in [1.807, 2.05) is 37.3 Å². The van der Waals surface area contributed by atoms with Crippen LogP contribution in [0.5, 0.6) is 0 Å². The van der Waals surface area contributed by atoms with Gasteiger partial charge in [-0.1, -0.05) is 37.3 Å². The second-order valence-corrected chi connectivity index (χ2v) is 3.95. The maximum atomic E-state index is 11.1. The minimum absolute atomic E-state index is 0.133. The van der Waals surface area contributed by atoms with Crippen LogP contribution in [0.2, 0.25) is 0 Å². The lowest BCUT2D eigenvalue weighted by Gasteiger charge is -2.08. The van der Waals surface area contributed by atoms with Gasteiger partial charge in [-0.05, 0) is 6.42 Å². The summed E-state index contributed by atoms with van der Waals surface area (Å²) in [6.07, 6.45) is 2.41. The third kappa shape index (κ3) is 2.71. The van der Waals surface area contributed by atoms with E-state index in [1.54, 1.807) is 6.20 Å². The zero-order valence-corrected chi connectivity index (χ0v) is 10.5. The van der Waals surface area contributed by atoms with Gasteiger partial charge in [0.2, 0.25) is 5.91 Å². The molecule has 0 radical (unpaired) electrons. The molecule has 0 bridgehead atoms. The predicted molar refractivity (Wildman–Crippen MR) is 71.1 cm³/mol. The minimum Gasteiger partial charge on any atom is -0.309 e. The summed E-state index contributed by atoms with van der Waals surface area (Å²) in [6, 6.07) is 9.86. The highest BCUT2D eigenvalue weighted by Crippen LogP contribution is 2.19. The fourth-order valence-corrected chi connectivity index (χ4v) is 1.69. The molecule has 4 heteroatoms. The molecule has 0 saturated carbocycles. The van der Waals surface area contributed by atoms with Crippen LogP contribution in [0.4, 0.5) is 5.82 Å². The zero-order chi connectivity index (χ0) is 13.0. The van der Waals surface area contributed by atoms with Gasteiger partial charge in [0.15, 0.2) is 5.82 Å². The van der Waals surface area contributed by atoms with E-state index in [9.17, 15) is 4.79 Å². The fraction of sp³-hybridized carbons (Fsp3) is 0.214. The number of hydrogen-bond acceptors (Lipinski definition) is 3. The highest BCUT2D eigenvalue weighted by molar-refractivity contribution is 5.88. The van der Waals surface area contributed by atoms with Crippen LogP contribution in [0.25, 0.3) is 11.3 Å². The van der Waals surface area contributed by atoms with Crippen molar-refractivity contribution < 1.29 is 4.79 Å². The third-order valence-corrected chi connectivity index (χ3v) is 2.54. The van der Waals surface area contributed by atoms with Crippen molar-refractivity contribution in [3.63, 3.8) is 0 Å². The number of anilines is 1. The van der Waals surface area contributed by atoms with Crippen molar-refractivity contribution in [1.29, 1.82) is 0 Å². The molecule has 18 heavy (non-hydrogen) atoms. The normalized spacial score (nSPS) is 10.1. The number of hydrogen-bond donors (Lipinski definition) is 1. The van der Waals surface area contributed by atoms with Gasteiger partial charge in [-0.2, -0.15) is 0 Å². The number of aryl methyl sites for hydroxylation is 1. The fourth-order valence-electron chi connectivity index (χ4n) is 1.69. The number of aromatic nitrogens is 2. The molecule has 4 nitrogen and oxygen atoms in total. The van der Waals surface area contributed by atoms with Crippen molar-refractivity contribution in [2.75, 3.05) is 5.32 Å². The average Bonchev–Trinajstić information content (AvgIpc) is 2.39. The van der Waals surface area contributed by atoms with E-state index in [0.29, 0.717) is 5.82 Å². The van der Waals surface area contributed by atoms with Crippen LogP contribution in [-0.2, 0) is 11.2 Å². The van der Waals surface area contributed by atoms with E-state index in [2.05, 4.69) is 15.3 Å². The van der Waals surface area contributed by atoms with Crippen LogP contribution in [0.3, 0.4) is 0 Å². The summed E-state index contributed by atoms with van der Waals surface area (Å²) in [5.41, 5.74) is 2.64. The summed E-state index contributed by atoms with van der Waals surface area (Å²) in [6.45, 7) is 3.45. The molecule has 0 saturated heterocycles. The van der Waals surface area contributed by atoms with Gasteiger partial charge in [-0.3, -0.25) is 4.79 Å². The van der Waals surface area contributed by atoms with Crippen LogP contribution in [0.1, 0.15) is 19.5 Å². The maximum absolute atomic E-state index is 11.1. The number of nitrogens with one attached hydrogen (secondary N) is 1. The Hall–Kier alpha value is -2.23. The lowest BCUT2D eigenvalue weighted by atomic mass is 10.1. The molecule has 1 heterocycles. The van der Waals surface area contributed by atoms with Crippen molar-refractivity contribution in [2.24, 2.45) is 0 Å². The van der Waals surface area contributed by atoms with Gasteiger partial charge in [-0.15, -0.1) is 0 Å². The first-order valence-electron chi connectivity index (χ1n) is 5.89. The molecule has 2 aromatic rings. The molecule has 92 valence electrons. The monoisotopic (exact) mass is 241 g/mol. The molecular formula is C14H15N3O. The van der Waals surface area contributed by atoms with Crippen molar-refractivity contribution >= 4 is 11.7 Å². The molecule has 0 aliphatic heterocycles. The van der Waals surface area contributed by atoms with Crippen LogP contribution in [-0.4, -0.2) is 15.9 Å². The van der Waals surface area contributed by atoms with Gasteiger partial charge >= 0.3 is 0 Å². The average molecular weight is 241 g/mol.